The van der Waals surface area contributed by atoms with Gasteiger partial charge >= 0.3 is 0 Å². The number of anilines is 1. The molecule has 2 aromatic rings. The zero-order chi connectivity index (χ0) is 16.1. The quantitative estimate of drug-likeness (QED) is 0.690. The van der Waals surface area contributed by atoms with Crippen molar-refractivity contribution in [2.24, 2.45) is 0 Å². The van der Waals surface area contributed by atoms with Gasteiger partial charge in [0.25, 0.3) is 5.91 Å². The van der Waals surface area contributed by atoms with Crippen LogP contribution in [0.1, 0.15) is 23.7 Å². The summed E-state index contributed by atoms with van der Waals surface area (Å²) in [5.41, 5.74) is 3.76. The molecule has 0 saturated carbocycles. The van der Waals surface area contributed by atoms with Gasteiger partial charge in [-0.3, -0.25) is 4.79 Å². The molecule has 0 aliphatic carbocycles. The Labute approximate surface area is 130 Å². The molecule has 0 atom stereocenters. The fraction of sp³-hybridized carbons (Fsp3) is 0.222. The molecule has 22 heavy (non-hydrogen) atoms. The molecule has 0 saturated heterocycles. The van der Waals surface area contributed by atoms with E-state index in [-0.39, 0.29) is 5.57 Å². The largest absolute Gasteiger partial charge is 0.348 e. The maximum atomic E-state index is 12.3. The van der Waals surface area contributed by atoms with Crippen LogP contribution < -0.4 is 5.32 Å². The van der Waals surface area contributed by atoms with Crippen LogP contribution in [-0.2, 0) is 11.3 Å². The Morgan fingerprint density at radius 2 is 2.14 bits per heavy atom. The fourth-order valence-corrected chi connectivity index (χ4v) is 2.29. The molecule has 4 nitrogen and oxygen atoms in total. The average molecular weight is 293 g/mol. The van der Waals surface area contributed by atoms with Gasteiger partial charge in [-0.1, -0.05) is 17.7 Å². The van der Waals surface area contributed by atoms with Crippen LogP contribution in [-0.4, -0.2) is 10.5 Å². The number of nitriles is 1. The van der Waals surface area contributed by atoms with E-state index >= 15 is 0 Å². The minimum absolute atomic E-state index is 0.0911. The van der Waals surface area contributed by atoms with Gasteiger partial charge in [0.15, 0.2) is 0 Å². The minimum atomic E-state index is -0.390. The Hall–Kier alpha value is -2.80. The Morgan fingerprint density at radius 1 is 1.36 bits per heavy atom. The number of hydrogen-bond acceptors (Lipinski definition) is 2. The second kappa shape index (κ2) is 6.77. The van der Waals surface area contributed by atoms with Gasteiger partial charge in [-0.05, 0) is 50.6 Å². The first-order chi connectivity index (χ1) is 10.5. The number of rotatable bonds is 4. The molecule has 112 valence electrons. The van der Waals surface area contributed by atoms with Gasteiger partial charge in [0.05, 0.1) is 0 Å². The monoisotopic (exact) mass is 293 g/mol. The van der Waals surface area contributed by atoms with Crippen molar-refractivity contribution in [1.29, 1.82) is 5.26 Å². The predicted molar refractivity (Wildman–Crippen MR) is 88.2 cm³/mol. The van der Waals surface area contributed by atoms with Crippen LogP contribution >= 0.6 is 0 Å². The van der Waals surface area contributed by atoms with Crippen molar-refractivity contribution in [3.8, 4) is 6.07 Å². The highest BCUT2D eigenvalue weighted by molar-refractivity contribution is 6.09. The Balaban J connectivity index is 2.24. The van der Waals surface area contributed by atoms with Crippen molar-refractivity contribution in [2.45, 2.75) is 27.3 Å². The molecule has 1 aromatic heterocycles. The minimum Gasteiger partial charge on any atom is -0.348 e. The normalized spacial score (nSPS) is 11.1. The molecule has 0 radical (unpaired) electrons. The molecule has 0 aliphatic rings. The lowest BCUT2D eigenvalue weighted by atomic mass is 10.1. The average Bonchev–Trinajstić information content (AvgIpc) is 2.94. The van der Waals surface area contributed by atoms with E-state index in [2.05, 4.69) is 5.32 Å². The summed E-state index contributed by atoms with van der Waals surface area (Å²) in [5.74, 6) is -0.390. The highest BCUT2D eigenvalue weighted by Crippen LogP contribution is 2.17. The zero-order valence-corrected chi connectivity index (χ0v) is 13.1. The lowest BCUT2D eigenvalue weighted by molar-refractivity contribution is -0.112. The van der Waals surface area contributed by atoms with Crippen LogP contribution in [0.5, 0.6) is 0 Å². The third-order valence-electron chi connectivity index (χ3n) is 3.49. The summed E-state index contributed by atoms with van der Waals surface area (Å²) in [6.07, 6.45) is 3.53. The first-order valence-electron chi connectivity index (χ1n) is 7.20. The van der Waals surface area contributed by atoms with Crippen molar-refractivity contribution >= 4 is 17.7 Å². The van der Waals surface area contributed by atoms with Crippen molar-refractivity contribution in [3.05, 3.63) is 58.9 Å². The van der Waals surface area contributed by atoms with Gasteiger partial charge < -0.3 is 9.88 Å². The van der Waals surface area contributed by atoms with Crippen LogP contribution in [0, 0.1) is 25.2 Å². The summed E-state index contributed by atoms with van der Waals surface area (Å²) >= 11 is 0. The molecule has 4 heteroatoms. The van der Waals surface area contributed by atoms with E-state index in [1.165, 1.54) is 0 Å². The number of nitrogens with one attached hydrogen (secondary N) is 1. The maximum Gasteiger partial charge on any atom is 0.266 e. The molecule has 1 amide bonds. The lowest BCUT2D eigenvalue weighted by Gasteiger charge is -2.09. The van der Waals surface area contributed by atoms with E-state index in [4.69, 9.17) is 0 Å². The van der Waals surface area contributed by atoms with Gasteiger partial charge in [0, 0.05) is 24.1 Å². The van der Waals surface area contributed by atoms with Crippen LogP contribution in [0.3, 0.4) is 0 Å². The maximum absolute atomic E-state index is 12.3. The number of amides is 1. The topological polar surface area (TPSA) is 57.8 Å². The molecular formula is C18H19N3O. The summed E-state index contributed by atoms with van der Waals surface area (Å²) in [7, 11) is 0. The fourth-order valence-electron chi connectivity index (χ4n) is 2.29. The van der Waals surface area contributed by atoms with Crippen molar-refractivity contribution in [1.82, 2.24) is 4.57 Å². The summed E-state index contributed by atoms with van der Waals surface area (Å²) in [4.78, 5) is 12.3. The predicted octanol–water partition coefficient (Wildman–Crippen LogP) is 3.67. The number of nitrogens with zero attached hydrogens (tertiary/aromatic N) is 2. The van der Waals surface area contributed by atoms with Gasteiger partial charge in [0.2, 0.25) is 0 Å². The third kappa shape index (κ3) is 3.44. The van der Waals surface area contributed by atoms with Crippen molar-refractivity contribution in [3.63, 3.8) is 0 Å². The number of carbonyl (C=O) groups excluding carboxylic acids is 1. The zero-order valence-electron chi connectivity index (χ0n) is 13.1. The molecule has 0 unspecified atom stereocenters. The van der Waals surface area contributed by atoms with Gasteiger partial charge in [-0.15, -0.1) is 0 Å². The summed E-state index contributed by atoms with van der Waals surface area (Å²) in [6, 6.07) is 11.5. The van der Waals surface area contributed by atoms with E-state index in [1.807, 2.05) is 67.9 Å². The molecule has 1 N–H and O–H groups in total. The highest BCUT2D eigenvalue weighted by atomic mass is 16.1. The molecule has 1 heterocycles. The Morgan fingerprint density at radius 3 is 2.77 bits per heavy atom. The molecule has 0 bridgehead atoms. The molecule has 0 fully saturated rings. The van der Waals surface area contributed by atoms with E-state index in [1.54, 1.807) is 6.08 Å². The van der Waals surface area contributed by atoms with Gasteiger partial charge in [-0.2, -0.15) is 5.26 Å². The molecular weight excluding hydrogens is 274 g/mol. The number of carbonyl (C=O) groups is 1. The van der Waals surface area contributed by atoms with E-state index in [0.717, 1.165) is 29.1 Å². The molecule has 1 aromatic carbocycles. The van der Waals surface area contributed by atoms with Crippen LogP contribution in [0.4, 0.5) is 5.69 Å². The SMILES string of the molecule is CCn1cccc1/C=C(/C#N)C(=O)Nc1ccc(C)cc1C. The number of benzene rings is 1. The number of aryl methyl sites for hydroxylation is 3. The van der Waals surface area contributed by atoms with Crippen LogP contribution in [0.25, 0.3) is 6.08 Å². The second-order valence-corrected chi connectivity index (χ2v) is 5.16. The van der Waals surface area contributed by atoms with Gasteiger partial charge in [0.1, 0.15) is 11.6 Å². The molecule has 2 rings (SSSR count). The van der Waals surface area contributed by atoms with Crippen molar-refractivity contribution in [2.75, 3.05) is 5.32 Å². The Bertz CT molecular complexity index is 763. The van der Waals surface area contributed by atoms with E-state index in [9.17, 15) is 10.1 Å². The highest BCUT2D eigenvalue weighted by Gasteiger charge is 2.11. The summed E-state index contributed by atoms with van der Waals surface area (Å²) in [5, 5.41) is 12.1. The van der Waals surface area contributed by atoms with E-state index < -0.39 is 5.91 Å². The van der Waals surface area contributed by atoms with Gasteiger partial charge in [-0.25, -0.2) is 0 Å². The molecule has 0 spiro atoms. The van der Waals surface area contributed by atoms with Crippen molar-refractivity contribution < 1.29 is 4.79 Å². The first-order valence-corrected chi connectivity index (χ1v) is 7.20. The lowest BCUT2D eigenvalue weighted by Crippen LogP contribution is -2.14. The smallest absolute Gasteiger partial charge is 0.266 e. The number of hydrogen-bond donors (Lipinski definition) is 1. The Kier molecular flexibility index (Phi) is 4.80. The first kappa shape index (κ1) is 15.6. The second-order valence-electron chi connectivity index (χ2n) is 5.16. The standard InChI is InChI=1S/C18H19N3O/c1-4-21-9-5-6-16(21)11-15(12-19)18(22)20-17-8-7-13(2)10-14(17)3/h5-11H,4H2,1-3H3,(H,20,22)/b15-11-. The molecule has 0 aliphatic heterocycles. The number of aromatic nitrogens is 1. The summed E-state index contributed by atoms with van der Waals surface area (Å²) in [6.45, 7) is 6.73. The van der Waals surface area contributed by atoms with Crippen LogP contribution in [0.15, 0.2) is 42.1 Å². The van der Waals surface area contributed by atoms with Crippen LogP contribution in [0.2, 0.25) is 0 Å². The third-order valence-corrected chi connectivity index (χ3v) is 3.49. The van der Waals surface area contributed by atoms with E-state index in [0.29, 0.717) is 0 Å². The summed E-state index contributed by atoms with van der Waals surface area (Å²) < 4.78 is 1.97.